The molecule has 0 unspecified atom stereocenters. The van der Waals surface area contributed by atoms with E-state index in [9.17, 15) is 5.26 Å². The molecular formula is C29H22N2O5. The fraction of sp³-hybridized carbons (Fsp3) is 0.138. The molecular weight excluding hydrogens is 456 g/mol. The van der Waals surface area contributed by atoms with Crippen LogP contribution in [0.25, 0.3) is 10.8 Å². The average molecular weight is 479 g/mol. The Bertz CT molecular complexity index is 1560. The van der Waals surface area contributed by atoms with E-state index >= 15 is 0 Å². The number of rotatable bonds is 5. The standard InChI is InChI=1S/C29H22N2O5/c1-32-25-11-18(9-10-23(25)33-15-19-7-4-6-17-5-2-3-8-20(17)19)28-21-12-26-27(35-16-34-26)13-24(21)36-29(31)22(28)14-30/h2-13,28H,15-16,31H2,1H3/t28-/m0/s1. The third-order valence-electron chi connectivity index (χ3n) is 6.49. The first kappa shape index (κ1) is 21.7. The lowest BCUT2D eigenvalue weighted by Gasteiger charge is -2.27. The molecule has 2 heterocycles. The zero-order chi connectivity index (χ0) is 24.6. The van der Waals surface area contributed by atoms with Crippen molar-refractivity contribution in [1.29, 1.82) is 5.26 Å². The van der Waals surface area contributed by atoms with Crippen molar-refractivity contribution in [1.82, 2.24) is 0 Å². The first-order valence-electron chi connectivity index (χ1n) is 11.4. The van der Waals surface area contributed by atoms with Gasteiger partial charge in [-0.05, 0) is 40.1 Å². The van der Waals surface area contributed by atoms with Gasteiger partial charge in [0, 0.05) is 11.6 Å². The van der Waals surface area contributed by atoms with Crippen molar-refractivity contribution in [3.05, 3.63) is 101 Å². The SMILES string of the molecule is COc1cc([C@@H]2C(C#N)=C(N)Oc3cc4c(cc32)OCO4)ccc1OCc1cccc2ccccc12. The van der Waals surface area contributed by atoms with E-state index < -0.39 is 5.92 Å². The largest absolute Gasteiger partial charge is 0.493 e. The molecule has 2 N–H and O–H groups in total. The molecule has 0 saturated heterocycles. The van der Waals surface area contributed by atoms with Crippen molar-refractivity contribution in [2.24, 2.45) is 5.73 Å². The smallest absolute Gasteiger partial charge is 0.231 e. The van der Waals surface area contributed by atoms with E-state index in [0.717, 1.165) is 27.5 Å². The van der Waals surface area contributed by atoms with Gasteiger partial charge in [-0.15, -0.1) is 0 Å². The summed E-state index contributed by atoms with van der Waals surface area (Å²) in [6.07, 6.45) is 0. The fourth-order valence-corrected chi connectivity index (χ4v) is 4.75. The van der Waals surface area contributed by atoms with Crippen molar-refractivity contribution in [3.63, 3.8) is 0 Å². The number of fused-ring (bicyclic) bond motifs is 3. The summed E-state index contributed by atoms with van der Waals surface area (Å²) in [4.78, 5) is 0. The minimum absolute atomic E-state index is 0.0594. The van der Waals surface area contributed by atoms with Crippen LogP contribution in [0.2, 0.25) is 0 Å². The van der Waals surface area contributed by atoms with Gasteiger partial charge in [-0.1, -0.05) is 48.5 Å². The third kappa shape index (κ3) is 3.60. The Balaban J connectivity index is 1.36. The lowest BCUT2D eigenvalue weighted by Crippen LogP contribution is -2.21. The van der Waals surface area contributed by atoms with Gasteiger partial charge >= 0.3 is 0 Å². The van der Waals surface area contributed by atoms with Crippen molar-refractivity contribution < 1.29 is 23.7 Å². The van der Waals surface area contributed by atoms with E-state index in [2.05, 4.69) is 30.3 Å². The van der Waals surface area contributed by atoms with Gasteiger partial charge in [-0.3, -0.25) is 0 Å². The minimum atomic E-state index is -0.464. The fourth-order valence-electron chi connectivity index (χ4n) is 4.75. The Morgan fingerprint density at radius 3 is 2.58 bits per heavy atom. The number of nitrogens with zero attached hydrogens (tertiary/aromatic N) is 1. The van der Waals surface area contributed by atoms with Crippen LogP contribution in [-0.4, -0.2) is 13.9 Å². The van der Waals surface area contributed by atoms with E-state index in [4.69, 9.17) is 29.4 Å². The second kappa shape index (κ2) is 8.75. The molecule has 4 aromatic carbocycles. The van der Waals surface area contributed by atoms with Crippen molar-refractivity contribution in [3.8, 4) is 34.8 Å². The Morgan fingerprint density at radius 2 is 1.75 bits per heavy atom. The molecule has 0 aromatic heterocycles. The van der Waals surface area contributed by atoms with Gasteiger partial charge < -0.3 is 29.4 Å². The monoisotopic (exact) mass is 478 g/mol. The van der Waals surface area contributed by atoms with E-state index in [1.807, 2.05) is 42.5 Å². The molecule has 0 amide bonds. The highest BCUT2D eigenvalue weighted by Gasteiger charge is 2.33. The summed E-state index contributed by atoms with van der Waals surface area (Å²) in [6.45, 7) is 0.518. The predicted octanol–water partition coefficient (Wildman–Crippen LogP) is 5.37. The van der Waals surface area contributed by atoms with E-state index in [1.54, 1.807) is 13.2 Å². The van der Waals surface area contributed by atoms with Crippen molar-refractivity contribution in [2.75, 3.05) is 13.9 Å². The maximum Gasteiger partial charge on any atom is 0.231 e. The topological polar surface area (TPSA) is 96.0 Å². The number of ether oxygens (including phenoxy) is 5. The zero-order valence-corrected chi connectivity index (χ0v) is 19.5. The number of nitriles is 1. The summed E-state index contributed by atoms with van der Waals surface area (Å²) < 4.78 is 28.7. The summed E-state index contributed by atoms with van der Waals surface area (Å²) in [5.41, 5.74) is 9.11. The molecule has 4 aromatic rings. The van der Waals surface area contributed by atoms with Crippen LogP contribution in [0.3, 0.4) is 0 Å². The molecule has 6 rings (SSSR count). The molecule has 178 valence electrons. The van der Waals surface area contributed by atoms with Crippen LogP contribution in [0.15, 0.2) is 84.3 Å². The van der Waals surface area contributed by atoms with E-state index in [1.165, 1.54) is 0 Å². The van der Waals surface area contributed by atoms with Gasteiger partial charge in [-0.2, -0.15) is 5.26 Å². The van der Waals surface area contributed by atoms with Gasteiger partial charge in [-0.25, -0.2) is 0 Å². The molecule has 2 aliphatic rings. The number of allylic oxidation sites excluding steroid dienone is 1. The highest BCUT2D eigenvalue weighted by molar-refractivity contribution is 5.85. The molecule has 0 aliphatic carbocycles. The highest BCUT2D eigenvalue weighted by Crippen LogP contribution is 2.48. The Morgan fingerprint density at radius 1 is 0.944 bits per heavy atom. The van der Waals surface area contributed by atoms with Gasteiger partial charge in [0.25, 0.3) is 0 Å². The summed E-state index contributed by atoms with van der Waals surface area (Å²) >= 11 is 0. The first-order valence-corrected chi connectivity index (χ1v) is 11.4. The first-order chi connectivity index (χ1) is 17.7. The summed E-state index contributed by atoms with van der Waals surface area (Å²) in [5.74, 6) is 2.45. The zero-order valence-electron chi connectivity index (χ0n) is 19.5. The van der Waals surface area contributed by atoms with E-state index in [-0.39, 0.29) is 12.7 Å². The number of benzene rings is 4. The summed E-state index contributed by atoms with van der Waals surface area (Å²) in [7, 11) is 1.59. The molecule has 2 aliphatic heterocycles. The number of nitrogens with two attached hydrogens (primary N) is 1. The molecule has 1 atom stereocenters. The molecule has 0 spiro atoms. The average Bonchev–Trinajstić information content (AvgIpc) is 3.37. The number of hydrogen-bond donors (Lipinski definition) is 1. The van der Waals surface area contributed by atoms with Crippen LogP contribution < -0.4 is 29.4 Å². The second-order valence-corrected chi connectivity index (χ2v) is 8.51. The van der Waals surface area contributed by atoms with E-state index in [0.29, 0.717) is 40.9 Å². The Labute approximate surface area is 207 Å². The van der Waals surface area contributed by atoms with Crippen LogP contribution in [0, 0.1) is 11.3 Å². The van der Waals surface area contributed by atoms with Crippen LogP contribution in [0.4, 0.5) is 0 Å². The Kier molecular flexibility index (Phi) is 5.27. The molecule has 36 heavy (non-hydrogen) atoms. The molecule has 0 saturated carbocycles. The third-order valence-corrected chi connectivity index (χ3v) is 6.49. The molecule has 0 fully saturated rings. The van der Waals surface area contributed by atoms with Gasteiger partial charge in [0.05, 0.1) is 13.0 Å². The van der Waals surface area contributed by atoms with Crippen LogP contribution >= 0.6 is 0 Å². The normalized spacial score (nSPS) is 15.7. The number of hydrogen-bond acceptors (Lipinski definition) is 7. The Hall–Kier alpha value is -4.83. The maximum absolute atomic E-state index is 9.91. The van der Waals surface area contributed by atoms with Crippen molar-refractivity contribution in [2.45, 2.75) is 12.5 Å². The molecule has 0 radical (unpaired) electrons. The van der Waals surface area contributed by atoms with Gasteiger partial charge in [0.2, 0.25) is 12.7 Å². The second-order valence-electron chi connectivity index (χ2n) is 8.51. The quantitative estimate of drug-likeness (QED) is 0.412. The lowest BCUT2D eigenvalue weighted by molar-refractivity contribution is 0.174. The van der Waals surface area contributed by atoms with Gasteiger partial charge in [0.1, 0.15) is 24.0 Å². The van der Waals surface area contributed by atoms with Crippen LogP contribution in [0.1, 0.15) is 22.6 Å². The van der Waals surface area contributed by atoms with Gasteiger partial charge in [0.15, 0.2) is 23.0 Å². The maximum atomic E-state index is 9.91. The summed E-state index contributed by atoms with van der Waals surface area (Å²) in [6, 6.07) is 25.8. The van der Waals surface area contributed by atoms with Crippen LogP contribution in [0.5, 0.6) is 28.7 Å². The minimum Gasteiger partial charge on any atom is -0.493 e. The predicted molar refractivity (Wildman–Crippen MR) is 133 cm³/mol. The molecule has 0 bridgehead atoms. The highest BCUT2D eigenvalue weighted by atomic mass is 16.7. The number of methoxy groups -OCH3 is 1. The molecule has 7 nitrogen and oxygen atoms in total. The van der Waals surface area contributed by atoms with Crippen molar-refractivity contribution >= 4 is 10.8 Å². The van der Waals surface area contributed by atoms with Crippen LogP contribution in [-0.2, 0) is 6.61 Å². The lowest BCUT2D eigenvalue weighted by atomic mass is 9.83. The molecule has 7 heteroatoms. The summed E-state index contributed by atoms with van der Waals surface area (Å²) in [5, 5.41) is 12.2.